The number of hydrogen-bond donors (Lipinski definition) is 4. The summed E-state index contributed by atoms with van der Waals surface area (Å²) in [6, 6.07) is 14.2. The molecule has 0 saturated carbocycles. The molecule has 6 N–H and O–H groups in total. The normalized spacial score (nSPS) is 12.2. The fourth-order valence-corrected chi connectivity index (χ4v) is 6.39. The predicted molar refractivity (Wildman–Crippen MR) is 188 cm³/mol. The molecule has 1 unspecified atom stereocenters. The maximum atomic E-state index is 11.1. The van der Waals surface area contributed by atoms with Crippen molar-refractivity contribution in [2.24, 2.45) is 16.5 Å². The van der Waals surface area contributed by atoms with Crippen LogP contribution >= 0.6 is 34.7 Å². The van der Waals surface area contributed by atoms with Gasteiger partial charge in [-0.3, -0.25) is 15.1 Å². The lowest BCUT2D eigenvalue weighted by atomic mass is 9.92. The van der Waals surface area contributed by atoms with Gasteiger partial charge in [0.2, 0.25) is 5.13 Å². The van der Waals surface area contributed by atoms with Gasteiger partial charge in [0.05, 0.1) is 10.6 Å². The zero-order chi connectivity index (χ0) is 32.3. The first-order valence-corrected chi connectivity index (χ1v) is 17.5. The van der Waals surface area contributed by atoms with Crippen LogP contribution in [0.2, 0.25) is 5.02 Å². The topological polar surface area (TPSA) is 161 Å². The molecular formula is C31H44ClN9O2S2. The summed E-state index contributed by atoms with van der Waals surface area (Å²) < 4.78 is 0. The van der Waals surface area contributed by atoms with Crippen LogP contribution in [0.5, 0.6) is 0 Å². The number of nitrogens with two attached hydrogens (primary N) is 2. The fraction of sp³-hybridized carbons (Fsp3) is 0.452. The van der Waals surface area contributed by atoms with E-state index in [1.54, 1.807) is 11.8 Å². The van der Waals surface area contributed by atoms with Crippen molar-refractivity contribution >= 4 is 45.8 Å². The monoisotopic (exact) mass is 673 g/mol. The number of nitrogens with one attached hydrogen (secondary N) is 2. The third-order valence-corrected chi connectivity index (χ3v) is 8.99. The van der Waals surface area contributed by atoms with Crippen LogP contribution in [0.4, 0.5) is 5.13 Å². The van der Waals surface area contributed by atoms with E-state index in [0.29, 0.717) is 29.8 Å². The summed E-state index contributed by atoms with van der Waals surface area (Å²) in [4.78, 5) is 25.9. The Morgan fingerprint density at radius 1 is 1.11 bits per heavy atom. The largest absolute Gasteiger partial charge is 0.370 e. The zero-order valence-electron chi connectivity index (χ0n) is 25.7. The van der Waals surface area contributed by atoms with E-state index in [4.69, 9.17) is 23.1 Å². The number of nitrogens with zero attached hydrogens (tertiary/aromatic N) is 5. The Labute approximate surface area is 279 Å². The summed E-state index contributed by atoms with van der Waals surface area (Å²) >= 11 is 9.18. The van der Waals surface area contributed by atoms with Gasteiger partial charge in [-0.2, -0.15) is 16.8 Å². The van der Waals surface area contributed by atoms with Gasteiger partial charge in [0, 0.05) is 52.8 Å². The van der Waals surface area contributed by atoms with E-state index in [1.807, 2.05) is 35.8 Å². The average Bonchev–Trinajstić information content (AvgIpc) is 3.45. The van der Waals surface area contributed by atoms with Crippen molar-refractivity contribution in [1.82, 2.24) is 25.5 Å². The smallest absolute Gasteiger partial charge is 0.274 e. The number of aromatic nitrogens is 2. The minimum absolute atomic E-state index is 0.0121. The number of halogens is 1. The Balaban J connectivity index is 1.26. The van der Waals surface area contributed by atoms with Crippen molar-refractivity contribution in [3.05, 3.63) is 98.2 Å². The van der Waals surface area contributed by atoms with E-state index in [-0.39, 0.29) is 11.9 Å². The van der Waals surface area contributed by atoms with Crippen molar-refractivity contribution in [3.8, 4) is 0 Å². The van der Waals surface area contributed by atoms with E-state index < -0.39 is 4.92 Å². The molecule has 2 heterocycles. The molecule has 3 rings (SSSR count). The van der Waals surface area contributed by atoms with Gasteiger partial charge in [-0.25, -0.2) is 4.98 Å². The van der Waals surface area contributed by atoms with Gasteiger partial charge in [-0.05, 0) is 69.2 Å². The van der Waals surface area contributed by atoms with Gasteiger partial charge in [-0.15, -0.1) is 11.3 Å². The van der Waals surface area contributed by atoms with Crippen LogP contribution in [0.25, 0.3) is 0 Å². The molecule has 0 bridgehead atoms. The van der Waals surface area contributed by atoms with Crippen molar-refractivity contribution in [3.63, 3.8) is 0 Å². The molecule has 45 heavy (non-hydrogen) atoms. The lowest BCUT2D eigenvalue weighted by Gasteiger charge is -2.22. The first-order valence-electron chi connectivity index (χ1n) is 15.1. The summed E-state index contributed by atoms with van der Waals surface area (Å²) in [7, 11) is 2.18. The molecule has 0 spiro atoms. The Morgan fingerprint density at radius 2 is 1.87 bits per heavy atom. The van der Waals surface area contributed by atoms with Crippen LogP contribution in [0.1, 0.15) is 61.4 Å². The quantitative estimate of drug-likeness (QED) is 0.0343. The fourth-order valence-electron chi connectivity index (χ4n) is 4.70. The highest BCUT2D eigenvalue weighted by Gasteiger charge is 2.16. The highest BCUT2D eigenvalue weighted by molar-refractivity contribution is 7.98. The Bertz CT molecular complexity index is 1340. The molecule has 0 aliphatic carbocycles. The number of benzene rings is 1. The molecule has 0 amide bonds. The van der Waals surface area contributed by atoms with Gasteiger partial charge < -0.3 is 27.0 Å². The van der Waals surface area contributed by atoms with Crippen LogP contribution in [0.15, 0.2) is 71.1 Å². The number of pyridine rings is 1. The van der Waals surface area contributed by atoms with Crippen molar-refractivity contribution in [2.45, 2.75) is 50.2 Å². The second kappa shape index (κ2) is 20.6. The standard InChI is InChI=1S/C31H44ClN9O2S2/c1-40(19-14-27(28-9-5-7-15-35-28)24-10-12-25(32)13-11-24)18-8-4-2-3-6-16-36-29(21-41(42)43)37-17-20-44-22-26-23-45-31(38-26)39-30(33)34/h5,7,9-13,15,21,23,27,36-37H,2-4,6,8,14,16-20,22H2,1H3,(H4,33,34,38,39)/b29-21-. The predicted octanol–water partition coefficient (Wildman–Crippen LogP) is 5.69. The molecule has 1 aromatic carbocycles. The number of thiazole rings is 1. The number of hydrogen-bond acceptors (Lipinski definition) is 10. The lowest BCUT2D eigenvalue weighted by molar-refractivity contribution is -0.404. The Hall–Kier alpha value is -3.39. The molecule has 0 radical (unpaired) electrons. The maximum absolute atomic E-state index is 11.1. The molecule has 3 aromatic rings. The summed E-state index contributed by atoms with van der Waals surface area (Å²) in [6.07, 6.45) is 9.30. The summed E-state index contributed by atoms with van der Waals surface area (Å²) in [5, 5.41) is 20.6. The van der Waals surface area contributed by atoms with Gasteiger partial charge >= 0.3 is 0 Å². The molecule has 11 nitrogen and oxygen atoms in total. The molecule has 1 atom stereocenters. The second-order valence-corrected chi connectivity index (χ2v) is 13.0. The Kier molecular flexibility index (Phi) is 16.5. The van der Waals surface area contributed by atoms with Crippen molar-refractivity contribution in [2.75, 3.05) is 39.0 Å². The summed E-state index contributed by atoms with van der Waals surface area (Å²) in [5.74, 6) is 2.14. The van der Waals surface area contributed by atoms with Gasteiger partial charge in [-0.1, -0.05) is 49.1 Å². The number of guanidine groups is 1. The van der Waals surface area contributed by atoms with Crippen molar-refractivity contribution in [1.29, 1.82) is 0 Å². The van der Waals surface area contributed by atoms with Crippen LogP contribution in [-0.4, -0.2) is 64.7 Å². The van der Waals surface area contributed by atoms with Gasteiger partial charge in [0.15, 0.2) is 11.8 Å². The number of thioether (sulfide) groups is 1. The number of nitro groups is 1. The van der Waals surface area contributed by atoms with Gasteiger partial charge in [0.25, 0.3) is 6.20 Å². The number of rotatable bonds is 22. The molecule has 244 valence electrons. The van der Waals surface area contributed by atoms with Crippen LogP contribution in [0.3, 0.4) is 0 Å². The molecule has 14 heteroatoms. The molecule has 2 aromatic heterocycles. The first-order chi connectivity index (χ1) is 21.8. The first kappa shape index (κ1) is 36.1. The molecule has 0 fully saturated rings. The van der Waals surface area contributed by atoms with Crippen LogP contribution in [0, 0.1) is 10.1 Å². The minimum atomic E-state index is -0.437. The van der Waals surface area contributed by atoms with E-state index in [0.717, 1.165) is 80.0 Å². The van der Waals surface area contributed by atoms with E-state index in [9.17, 15) is 10.1 Å². The second-order valence-electron chi connectivity index (χ2n) is 10.6. The van der Waals surface area contributed by atoms with E-state index >= 15 is 0 Å². The highest BCUT2D eigenvalue weighted by Crippen LogP contribution is 2.28. The molecule has 0 aliphatic rings. The minimum Gasteiger partial charge on any atom is -0.370 e. The molecular weight excluding hydrogens is 630 g/mol. The number of unbranched alkanes of at least 4 members (excludes halogenated alkanes) is 4. The zero-order valence-corrected chi connectivity index (χ0v) is 28.1. The third kappa shape index (κ3) is 15.0. The molecule has 0 saturated heterocycles. The van der Waals surface area contributed by atoms with E-state index in [2.05, 4.69) is 55.7 Å². The summed E-state index contributed by atoms with van der Waals surface area (Å²) in [5.41, 5.74) is 14.0. The SMILES string of the molecule is CN(CCCCCCCN/C(=C/[N+](=O)[O-])NCCSCc1csc(N=C(N)N)n1)CCC(c1ccc(Cl)cc1)c1ccccn1. The molecule has 0 aliphatic heterocycles. The number of aliphatic imine (C=N–C) groups is 1. The Morgan fingerprint density at radius 3 is 2.60 bits per heavy atom. The van der Waals surface area contributed by atoms with E-state index in [1.165, 1.54) is 16.9 Å². The lowest BCUT2D eigenvalue weighted by Crippen LogP contribution is -2.29. The maximum Gasteiger partial charge on any atom is 0.274 e. The highest BCUT2D eigenvalue weighted by atomic mass is 35.5. The van der Waals surface area contributed by atoms with Gasteiger partial charge in [0.1, 0.15) is 0 Å². The van der Waals surface area contributed by atoms with Crippen LogP contribution < -0.4 is 22.1 Å². The summed E-state index contributed by atoms with van der Waals surface area (Å²) in [6.45, 7) is 3.31. The van der Waals surface area contributed by atoms with Crippen LogP contribution in [-0.2, 0) is 5.75 Å². The van der Waals surface area contributed by atoms with Crippen molar-refractivity contribution < 1.29 is 4.92 Å². The average molecular weight is 674 g/mol. The third-order valence-electron chi connectivity index (χ3n) is 6.96.